The van der Waals surface area contributed by atoms with Crippen molar-refractivity contribution in [2.45, 2.75) is 54.0 Å². The van der Waals surface area contributed by atoms with Gasteiger partial charge in [0.15, 0.2) is 5.17 Å². The van der Waals surface area contributed by atoms with Crippen LogP contribution in [0.1, 0.15) is 55.5 Å². The minimum absolute atomic E-state index is 0.0147. The monoisotopic (exact) mass is 445 g/mol. The number of amidine groups is 1. The van der Waals surface area contributed by atoms with E-state index in [9.17, 15) is 4.79 Å². The number of benzene rings is 2. The Bertz CT molecular complexity index is 1200. The van der Waals surface area contributed by atoms with Crippen molar-refractivity contribution in [3.05, 3.63) is 69.1 Å². The number of thioether (sulfide) groups is 1. The van der Waals surface area contributed by atoms with E-state index in [1.807, 2.05) is 18.2 Å². The molecule has 0 atom stereocenters. The lowest BCUT2D eigenvalue weighted by atomic mass is 9.87. The van der Waals surface area contributed by atoms with E-state index in [1.54, 1.807) is 0 Å². The van der Waals surface area contributed by atoms with Crippen LogP contribution in [-0.2, 0) is 4.79 Å². The van der Waals surface area contributed by atoms with Crippen molar-refractivity contribution in [2.24, 2.45) is 4.99 Å². The fourth-order valence-corrected chi connectivity index (χ4v) is 5.34. The second-order valence-corrected chi connectivity index (χ2v) is 10.2. The molecule has 1 fully saturated rings. The average molecular weight is 446 g/mol. The number of rotatable bonds is 3. The molecule has 4 rings (SSSR count). The van der Waals surface area contributed by atoms with Crippen molar-refractivity contribution in [3.63, 3.8) is 0 Å². The number of allylic oxidation sites excluding steroid dienone is 1. The molecule has 1 amide bonds. The summed E-state index contributed by atoms with van der Waals surface area (Å²) in [6, 6.07) is 10.5. The SMILES string of the molecule is CCN1c2cc(C)c(/C=C3\SC(=Nc4ccc(C)c(C)c4)NC3=O)cc2C(C)=CC1(C)C. The quantitative estimate of drug-likeness (QED) is 0.547. The van der Waals surface area contributed by atoms with Gasteiger partial charge in [-0.05, 0) is 118 Å². The molecule has 2 aliphatic rings. The van der Waals surface area contributed by atoms with Crippen LogP contribution in [0.5, 0.6) is 0 Å². The Morgan fingerprint density at radius 3 is 2.50 bits per heavy atom. The van der Waals surface area contributed by atoms with Crippen molar-refractivity contribution in [2.75, 3.05) is 11.4 Å². The molecule has 1 saturated heterocycles. The summed E-state index contributed by atoms with van der Waals surface area (Å²) in [7, 11) is 0. The summed E-state index contributed by atoms with van der Waals surface area (Å²) in [5, 5.41) is 3.53. The van der Waals surface area contributed by atoms with Gasteiger partial charge >= 0.3 is 0 Å². The van der Waals surface area contributed by atoms with Crippen molar-refractivity contribution >= 4 is 45.9 Å². The molecule has 166 valence electrons. The summed E-state index contributed by atoms with van der Waals surface area (Å²) in [5.41, 5.74) is 9.25. The summed E-state index contributed by atoms with van der Waals surface area (Å²) in [6.07, 6.45) is 4.32. The van der Waals surface area contributed by atoms with Crippen LogP contribution in [0.4, 0.5) is 11.4 Å². The van der Waals surface area contributed by atoms with Crippen LogP contribution < -0.4 is 10.2 Å². The van der Waals surface area contributed by atoms with E-state index in [2.05, 4.69) is 88.0 Å². The first-order valence-electron chi connectivity index (χ1n) is 11.1. The summed E-state index contributed by atoms with van der Waals surface area (Å²) in [4.78, 5) is 20.4. The van der Waals surface area contributed by atoms with E-state index < -0.39 is 0 Å². The second-order valence-electron chi connectivity index (χ2n) is 9.20. The zero-order chi connectivity index (χ0) is 23.2. The number of hydrogen-bond acceptors (Lipinski definition) is 4. The maximum absolute atomic E-state index is 12.6. The molecule has 0 aromatic heterocycles. The van der Waals surface area contributed by atoms with Crippen LogP contribution in [0.15, 0.2) is 46.3 Å². The first-order valence-corrected chi connectivity index (χ1v) is 11.9. The number of aryl methyl sites for hydroxylation is 3. The fourth-order valence-electron chi connectivity index (χ4n) is 4.51. The number of aliphatic imine (C=N–C) groups is 1. The van der Waals surface area contributed by atoms with Gasteiger partial charge in [0.1, 0.15) is 0 Å². The van der Waals surface area contributed by atoms with Crippen LogP contribution in [-0.4, -0.2) is 23.2 Å². The minimum atomic E-state index is -0.0988. The third-order valence-corrected chi connectivity index (χ3v) is 7.25. The van der Waals surface area contributed by atoms with Gasteiger partial charge in [0, 0.05) is 17.8 Å². The highest BCUT2D eigenvalue weighted by Gasteiger charge is 2.31. The molecule has 4 nitrogen and oxygen atoms in total. The highest BCUT2D eigenvalue weighted by molar-refractivity contribution is 8.18. The highest BCUT2D eigenvalue weighted by atomic mass is 32.2. The Morgan fingerprint density at radius 2 is 1.81 bits per heavy atom. The number of amides is 1. The van der Waals surface area contributed by atoms with Gasteiger partial charge < -0.3 is 10.2 Å². The van der Waals surface area contributed by atoms with Gasteiger partial charge in [0.05, 0.1) is 16.1 Å². The van der Waals surface area contributed by atoms with Crippen molar-refractivity contribution in [1.82, 2.24) is 5.32 Å². The molecule has 0 bridgehead atoms. The van der Waals surface area contributed by atoms with Gasteiger partial charge in [-0.1, -0.05) is 12.1 Å². The molecular formula is C27H31N3OS. The molecule has 32 heavy (non-hydrogen) atoms. The predicted octanol–water partition coefficient (Wildman–Crippen LogP) is 6.53. The zero-order valence-corrected chi connectivity index (χ0v) is 20.8. The molecular weight excluding hydrogens is 414 g/mol. The maximum atomic E-state index is 12.6. The third-order valence-electron chi connectivity index (χ3n) is 6.34. The lowest BCUT2D eigenvalue weighted by molar-refractivity contribution is -0.115. The lowest BCUT2D eigenvalue weighted by Gasteiger charge is -2.43. The Balaban J connectivity index is 1.67. The molecule has 1 N–H and O–H groups in total. The Kier molecular flexibility index (Phi) is 5.80. The molecule has 2 aliphatic heterocycles. The fraction of sp³-hybridized carbons (Fsp3) is 0.333. The van der Waals surface area contributed by atoms with E-state index in [-0.39, 0.29) is 11.4 Å². The lowest BCUT2D eigenvalue weighted by Crippen LogP contribution is -2.44. The van der Waals surface area contributed by atoms with Crippen LogP contribution in [0, 0.1) is 20.8 Å². The predicted molar refractivity (Wildman–Crippen MR) is 139 cm³/mol. The van der Waals surface area contributed by atoms with E-state index in [4.69, 9.17) is 0 Å². The summed E-state index contributed by atoms with van der Waals surface area (Å²) in [5.74, 6) is -0.0988. The molecule has 0 spiro atoms. The van der Waals surface area contributed by atoms with Crippen LogP contribution >= 0.6 is 11.8 Å². The van der Waals surface area contributed by atoms with Gasteiger partial charge in [-0.15, -0.1) is 0 Å². The molecule has 0 aliphatic carbocycles. The number of likely N-dealkylation sites (N-methyl/N-ethyl adjacent to an activating group) is 1. The number of carbonyl (C=O) groups excluding carboxylic acids is 1. The number of nitrogens with one attached hydrogen (secondary N) is 1. The van der Waals surface area contributed by atoms with Gasteiger partial charge in [-0.3, -0.25) is 4.79 Å². The van der Waals surface area contributed by atoms with E-state index in [0.29, 0.717) is 10.1 Å². The van der Waals surface area contributed by atoms with Crippen LogP contribution in [0.3, 0.4) is 0 Å². The van der Waals surface area contributed by atoms with Crippen molar-refractivity contribution in [3.8, 4) is 0 Å². The number of hydrogen-bond donors (Lipinski definition) is 1. The molecule has 0 saturated carbocycles. The topological polar surface area (TPSA) is 44.7 Å². The van der Waals surface area contributed by atoms with E-state index in [0.717, 1.165) is 23.4 Å². The van der Waals surface area contributed by atoms with E-state index in [1.165, 1.54) is 39.7 Å². The number of anilines is 1. The molecule has 0 unspecified atom stereocenters. The normalized spacial score (nSPS) is 19.9. The zero-order valence-electron chi connectivity index (χ0n) is 20.0. The largest absolute Gasteiger partial charge is 0.363 e. The standard InChI is InChI=1S/C27H31N3OS/c1-8-30-23-12-18(4)20(13-22(23)19(5)15-27(30,6)7)14-24-25(31)29-26(32-24)28-21-10-9-16(2)17(3)11-21/h9-15H,8H2,1-7H3,(H,28,29,31)/b24-14-. The van der Waals surface area contributed by atoms with Crippen LogP contribution in [0.2, 0.25) is 0 Å². The number of nitrogens with zero attached hydrogens (tertiary/aromatic N) is 2. The smallest absolute Gasteiger partial charge is 0.264 e. The Morgan fingerprint density at radius 1 is 1.06 bits per heavy atom. The van der Waals surface area contributed by atoms with Gasteiger partial charge in [0.25, 0.3) is 5.91 Å². The molecule has 2 heterocycles. The van der Waals surface area contributed by atoms with Crippen LogP contribution in [0.25, 0.3) is 11.6 Å². The van der Waals surface area contributed by atoms with E-state index >= 15 is 0 Å². The van der Waals surface area contributed by atoms with Gasteiger partial charge in [-0.2, -0.15) is 0 Å². The van der Waals surface area contributed by atoms with Crippen molar-refractivity contribution in [1.29, 1.82) is 0 Å². The first kappa shape index (κ1) is 22.4. The summed E-state index contributed by atoms with van der Waals surface area (Å²) >= 11 is 1.40. The third kappa shape index (κ3) is 4.14. The number of fused-ring (bicyclic) bond motifs is 1. The molecule has 2 aromatic rings. The number of carbonyl (C=O) groups is 1. The van der Waals surface area contributed by atoms with Gasteiger partial charge in [0.2, 0.25) is 0 Å². The molecule has 2 aromatic carbocycles. The second kappa shape index (κ2) is 8.28. The van der Waals surface area contributed by atoms with Gasteiger partial charge in [-0.25, -0.2) is 4.99 Å². The first-order chi connectivity index (χ1) is 15.1. The Labute approximate surface area is 195 Å². The Hall–Kier alpha value is -2.79. The molecule has 5 heteroatoms. The summed E-state index contributed by atoms with van der Waals surface area (Å²) in [6.45, 7) is 16.1. The minimum Gasteiger partial charge on any atom is -0.363 e. The highest BCUT2D eigenvalue weighted by Crippen LogP contribution is 2.41. The average Bonchev–Trinajstić information content (AvgIpc) is 3.04. The maximum Gasteiger partial charge on any atom is 0.264 e. The molecule has 0 radical (unpaired) electrons. The van der Waals surface area contributed by atoms with Crippen molar-refractivity contribution < 1.29 is 4.79 Å². The summed E-state index contributed by atoms with van der Waals surface area (Å²) < 4.78 is 0.